The van der Waals surface area contributed by atoms with Gasteiger partial charge in [0.1, 0.15) is 5.54 Å². The van der Waals surface area contributed by atoms with Crippen molar-refractivity contribution >= 4 is 11.0 Å². The van der Waals surface area contributed by atoms with Gasteiger partial charge in [-0.05, 0) is 68.1 Å². The lowest BCUT2D eigenvalue weighted by Crippen LogP contribution is -2.58. The molecule has 4 nitrogen and oxygen atoms in total. The van der Waals surface area contributed by atoms with Crippen molar-refractivity contribution in [3.63, 3.8) is 0 Å². The van der Waals surface area contributed by atoms with E-state index in [9.17, 15) is 0 Å². The Morgan fingerprint density at radius 1 is 0.784 bits per heavy atom. The summed E-state index contributed by atoms with van der Waals surface area (Å²) < 4.78 is 14.4. The summed E-state index contributed by atoms with van der Waals surface area (Å²) in [5.74, 6) is 3.14. The number of benzene rings is 3. The maximum absolute atomic E-state index is 6.76. The van der Waals surface area contributed by atoms with Crippen LogP contribution < -0.4 is 13.9 Å². The first-order valence-corrected chi connectivity index (χ1v) is 13.2. The van der Waals surface area contributed by atoms with Gasteiger partial charge in [0.05, 0.1) is 16.7 Å². The van der Waals surface area contributed by atoms with Crippen LogP contribution in [0.3, 0.4) is 0 Å². The van der Waals surface area contributed by atoms with Gasteiger partial charge in [-0.1, -0.05) is 45.0 Å². The van der Waals surface area contributed by atoms with Gasteiger partial charge in [0, 0.05) is 12.1 Å². The predicted octanol–water partition coefficient (Wildman–Crippen LogP) is 6.50. The van der Waals surface area contributed by atoms with Gasteiger partial charge in [0.25, 0.3) is 0 Å². The van der Waals surface area contributed by atoms with Gasteiger partial charge in [-0.3, -0.25) is 0 Å². The topological polar surface area (TPSA) is 21.9 Å². The summed E-state index contributed by atoms with van der Waals surface area (Å²) in [7, 11) is 0. The van der Waals surface area contributed by atoms with Crippen LogP contribution in [0, 0.1) is 0 Å². The second kappa shape index (κ2) is 6.31. The highest BCUT2D eigenvalue weighted by atomic mass is 16.5. The number of rotatable bonds is 0. The molecule has 5 heterocycles. The number of hydrogen-bond donors (Lipinski definition) is 0. The van der Waals surface area contributed by atoms with Crippen LogP contribution >= 0.6 is 0 Å². The fourth-order valence-corrected chi connectivity index (χ4v) is 7.01. The van der Waals surface area contributed by atoms with E-state index in [4.69, 9.17) is 4.74 Å². The number of imidazole rings is 1. The molecule has 0 aliphatic carbocycles. The van der Waals surface area contributed by atoms with E-state index < -0.39 is 5.54 Å². The third-order valence-corrected chi connectivity index (χ3v) is 8.45. The van der Waals surface area contributed by atoms with Gasteiger partial charge in [0.2, 0.25) is 11.2 Å². The van der Waals surface area contributed by atoms with Gasteiger partial charge in [0.15, 0.2) is 28.9 Å². The molecule has 0 saturated heterocycles. The first-order valence-electron chi connectivity index (χ1n) is 13.2. The standard InChI is InChI=1S/C33H31N3O/c1-31(2,3)20-18-23-28-27(19-20)37-26-16-11-15-25-29(26)35(28)30(36(25)32(4,5)6)33(23)22-13-8-7-12-21(22)24-14-9-10-17-34(24)33/h7-19H,1-6H3/q+2. The van der Waals surface area contributed by atoms with Gasteiger partial charge in [-0.2, -0.15) is 9.13 Å². The van der Waals surface area contributed by atoms with Crippen molar-refractivity contribution in [2.24, 2.45) is 0 Å². The highest BCUT2D eigenvalue weighted by Gasteiger charge is 2.69. The summed E-state index contributed by atoms with van der Waals surface area (Å²) in [4.78, 5) is 0. The van der Waals surface area contributed by atoms with Crippen molar-refractivity contribution in [3.05, 3.63) is 102 Å². The fraction of sp³-hybridized carbons (Fsp3) is 0.273. The van der Waals surface area contributed by atoms with Crippen LogP contribution in [0.4, 0.5) is 0 Å². The smallest absolute Gasteiger partial charge is 0.347 e. The molecule has 2 aromatic heterocycles. The summed E-state index contributed by atoms with van der Waals surface area (Å²) in [6, 6.07) is 26.7. The Kier molecular flexibility index (Phi) is 3.61. The monoisotopic (exact) mass is 485 g/mol. The minimum atomic E-state index is -0.518. The summed E-state index contributed by atoms with van der Waals surface area (Å²) >= 11 is 0. The van der Waals surface area contributed by atoms with E-state index in [0.29, 0.717) is 0 Å². The Balaban J connectivity index is 1.69. The van der Waals surface area contributed by atoms with Crippen LogP contribution in [-0.4, -0.2) is 4.57 Å². The van der Waals surface area contributed by atoms with Gasteiger partial charge >= 0.3 is 11.4 Å². The molecular weight excluding hydrogens is 454 g/mol. The van der Waals surface area contributed by atoms with Crippen molar-refractivity contribution in [3.8, 4) is 28.4 Å². The minimum absolute atomic E-state index is 0.0259. The average molecular weight is 486 g/mol. The number of para-hydroxylation sites is 1. The second-order valence-electron chi connectivity index (χ2n) is 12.7. The zero-order valence-electron chi connectivity index (χ0n) is 22.3. The van der Waals surface area contributed by atoms with Crippen molar-refractivity contribution in [1.29, 1.82) is 0 Å². The lowest BCUT2D eigenvalue weighted by molar-refractivity contribution is -0.733. The van der Waals surface area contributed by atoms with E-state index in [-0.39, 0.29) is 11.0 Å². The second-order valence-corrected chi connectivity index (χ2v) is 12.7. The van der Waals surface area contributed by atoms with Crippen molar-refractivity contribution in [2.75, 3.05) is 0 Å². The SMILES string of the molecule is CC(C)(C)c1cc2c3c(c1)C1(c4ccccc4-c4cccc[n+]41)c1n(C(C)(C)C)c4cccc(c4[n+]1-3)O2. The zero-order chi connectivity index (χ0) is 25.5. The van der Waals surface area contributed by atoms with E-state index in [1.54, 1.807) is 0 Å². The third kappa shape index (κ3) is 2.31. The number of pyridine rings is 1. The first kappa shape index (κ1) is 21.2. The molecule has 1 spiro atoms. The van der Waals surface area contributed by atoms with Crippen molar-refractivity contribution in [1.82, 2.24) is 4.57 Å². The van der Waals surface area contributed by atoms with Crippen LogP contribution in [0.15, 0.2) is 79.0 Å². The Labute approximate surface area is 217 Å². The molecule has 3 aliphatic heterocycles. The molecule has 0 saturated carbocycles. The highest BCUT2D eigenvalue weighted by molar-refractivity contribution is 5.85. The van der Waals surface area contributed by atoms with Gasteiger partial charge < -0.3 is 4.74 Å². The molecule has 3 aromatic carbocycles. The van der Waals surface area contributed by atoms with Crippen molar-refractivity contribution in [2.45, 2.75) is 58.0 Å². The molecular formula is C33H31N3O+2. The fourth-order valence-electron chi connectivity index (χ4n) is 7.01. The summed E-state index contributed by atoms with van der Waals surface area (Å²) in [5, 5.41) is 0. The van der Waals surface area contributed by atoms with Crippen molar-refractivity contribution < 1.29 is 13.9 Å². The molecule has 8 rings (SSSR count). The predicted molar refractivity (Wildman–Crippen MR) is 145 cm³/mol. The number of nitrogens with zero attached hydrogens (tertiary/aromatic N) is 3. The van der Waals surface area contributed by atoms with E-state index >= 15 is 0 Å². The van der Waals surface area contributed by atoms with Crippen LogP contribution in [-0.2, 0) is 16.5 Å². The Morgan fingerprint density at radius 2 is 1.57 bits per heavy atom. The first-order chi connectivity index (χ1) is 17.6. The number of aromatic nitrogens is 3. The Bertz CT molecular complexity index is 1780. The van der Waals surface area contributed by atoms with Crippen LogP contribution in [0.5, 0.6) is 11.5 Å². The van der Waals surface area contributed by atoms with Crippen LogP contribution in [0.25, 0.3) is 28.0 Å². The summed E-state index contributed by atoms with van der Waals surface area (Å²) in [6.07, 6.45) is 2.27. The highest BCUT2D eigenvalue weighted by Crippen LogP contribution is 2.56. The summed E-state index contributed by atoms with van der Waals surface area (Å²) in [6.45, 7) is 13.8. The third-order valence-electron chi connectivity index (χ3n) is 8.45. The minimum Gasteiger partial charge on any atom is -0.448 e. The zero-order valence-corrected chi connectivity index (χ0v) is 22.3. The number of fused-ring (bicyclic) bond motifs is 7. The van der Waals surface area contributed by atoms with Crippen LogP contribution in [0.1, 0.15) is 64.1 Å². The van der Waals surface area contributed by atoms with E-state index in [1.165, 1.54) is 45.0 Å². The van der Waals surface area contributed by atoms with E-state index in [1.807, 2.05) is 0 Å². The molecule has 182 valence electrons. The molecule has 0 radical (unpaired) electrons. The van der Waals surface area contributed by atoms with Gasteiger partial charge in [-0.15, -0.1) is 0 Å². The maximum atomic E-state index is 6.76. The molecule has 3 aliphatic rings. The molecule has 0 amide bonds. The van der Waals surface area contributed by atoms with Crippen LogP contribution in [0.2, 0.25) is 0 Å². The molecule has 1 unspecified atom stereocenters. The number of ether oxygens (including phenoxy) is 1. The number of hydrogen-bond acceptors (Lipinski definition) is 1. The molecule has 1 atom stereocenters. The molecule has 0 fully saturated rings. The normalized spacial score (nSPS) is 18.3. The Hall–Kier alpha value is -3.92. The molecule has 4 heteroatoms. The molecule has 5 aromatic rings. The largest absolute Gasteiger partial charge is 0.448 e. The quantitative estimate of drug-likeness (QED) is 0.225. The molecule has 0 bridgehead atoms. The van der Waals surface area contributed by atoms with E-state index in [0.717, 1.165) is 17.0 Å². The Morgan fingerprint density at radius 3 is 2.35 bits per heavy atom. The average Bonchev–Trinajstić information content (AvgIpc) is 3.46. The molecule has 0 N–H and O–H groups in total. The lowest BCUT2D eigenvalue weighted by Gasteiger charge is -2.26. The summed E-state index contributed by atoms with van der Waals surface area (Å²) in [5.41, 5.74) is 9.27. The van der Waals surface area contributed by atoms with Gasteiger partial charge in [-0.25, -0.2) is 4.57 Å². The maximum Gasteiger partial charge on any atom is 0.347 e. The molecule has 37 heavy (non-hydrogen) atoms. The lowest BCUT2D eigenvalue weighted by atomic mass is 9.78. The van der Waals surface area contributed by atoms with E-state index in [2.05, 4.69) is 134 Å².